The molecule has 0 saturated heterocycles. The smallest absolute Gasteiger partial charge is 0.231 e. The molecule has 114 valence electrons. The minimum absolute atomic E-state index is 0.0382. The van der Waals surface area contributed by atoms with Crippen LogP contribution in [0.3, 0.4) is 0 Å². The largest absolute Gasteiger partial charge is 0.388 e. The second-order valence-corrected chi connectivity index (χ2v) is 5.39. The molecule has 0 saturated carbocycles. The second kappa shape index (κ2) is 7.27. The summed E-state index contributed by atoms with van der Waals surface area (Å²) < 4.78 is 5.48. The van der Waals surface area contributed by atoms with Crippen LogP contribution >= 0.6 is 0 Å². The Morgan fingerprint density at radius 3 is 3.00 bits per heavy atom. The van der Waals surface area contributed by atoms with Gasteiger partial charge in [0.15, 0.2) is 0 Å². The Hall–Kier alpha value is -1.81. The van der Waals surface area contributed by atoms with Gasteiger partial charge in [0.2, 0.25) is 5.91 Å². The zero-order valence-electron chi connectivity index (χ0n) is 12.9. The van der Waals surface area contributed by atoms with Crippen molar-refractivity contribution in [3.05, 3.63) is 35.9 Å². The van der Waals surface area contributed by atoms with Gasteiger partial charge in [0, 0.05) is 25.0 Å². The van der Waals surface area contributed by atoms with Crippen molar-refractivity contribution in [3.63, 3.8) is 0 Å². The van der Waals surface area contributed by atoms with E-state index >= 15 is 0 Å². The van der Waals surface area contributed by atoms with Crippen LogP contribution in [-0.2, 0) is 16.0 Å². The first-order chi connectivity index (χ1) is 10.2. The first kappa shape index (κ1) is 15.6. The number of anilines is 2. The number of rotatable bonds is 7. The molecule has 1 heterocycles. The van der Waals surface area contributed by atoms with Gasteiger partial charge in [-0.15, -0.1) is 0 Å². The highest BCUT2D eigenvalue weighted by atomic mass is 16.5. The van der Waals surface area contributed by atoms with Gasteiger partial charge in [-0.3, -0.25) is 4.79 Å². The van der Waals surface area contributed by atoms with Crippen molar-refractivity contribution in [2.24, 2.45) is 5.92 Å². The fourth-order valence-corrected chi connectivity index (χ4v) is 2.51. The molecule has 1 aromatic carbocycles. The molecule has 0 aromatic heterocycles. The molecule has 1 unspecified atom stereocenters. The number of ether oxygens (including phenoxy) is 1. The fraction of sp³-hybridized carbons (Fsp3) is 0.471. The Balaban J connectivity index is 1.99. The number of hydrogen-bond donors (Lipinski definition) is 2. The van der Waals surface area contributed by atoms with E-state index in [0.29, 0.717) is 6.61 Å². The molecule has 0 aliphatic carbocycles. The number of carbonyl (C=O) groups is 1. The van der Waals surface area contributed by atoms with E-state index in [4.69, 9.17) is 4.74 Å². The Labute approximate surface area is 126 Å². The summed E-state index contributed by atoms with van der Waals surface area (Å²) in [7, 11) is 1.87. The zero-order chi connectivity index (χ0) is 15.2. The van der Waals surface area contributed by atoms with E-state index in [1.165, 1.54) is 0 Å². The third-order valence-corrected chi connectivity index (χ3v) is 3.81. The molecule has 2 rings (SSSR count). The molecule has 2 N–H and O–H groups in total. The maximum absolute atomic E-state index is 12.3. The number of fused-ring (bicyclic) bond motifs is 1. The van der Waals surface area contributed by atoms with E-state index in [1.807, 2.05) is 19.2 Å². The monoisotopic (exact) mass is 288 g/mol. The normalized spacial score (nSPS) is 17.0. The summed E-state index contributed by atoms with van der Waals surface area (Å²) in [6.45, 7) is 7.57. The fourth-order valence-electron chi connectivity index (χ4n) is 2.51. The lowest BCUT2D eigenvalue weighted by atomic mass is 9.86. The van der Waals surface area contributed by atoms with Gasteiger partial charge in [0.1, 0.15) is 0 Å². The summed E-state index contributed by atoms with van der Waals surface area (Å²) in [5.74, 6) is -0.112. The van der Waals surface area contributed by atoms with Gasteiger partial charge in [0.05, 0.1) is 12.5 Å². The second-order valence-electron chi connectivity index (χ2n) is 5.39. The molecule has 0 radical (unpaired) electrons. The molecule has 1 aliphatic rings. The Morgan fingerprint density at radius 1 is 1.48 bits per heavy atom. The number of amides is 1. The maximum Gasteiger partial charge on any atom is 0.231 e. The summed E-state index contributed by atoms with van der Waals surface area (Å²) in [5, 5.41) is 6.07. The highest BCUT2D eigenvalue weighted by molar-refractivity contribution is 5.97. The third kappa shape index (κ3) is 3.85. The minimum Gasteiger partial charge on any atom is -0.388 e. The summed E-state index contributed by atoms with van der Waals surface area (Å²) >= 11 is 0. The van der Waals surface area contributed by atoms with Crippen molar-refractivity contribution in [2.75, 3.05) is 30.9 Å². The molecule has 0 bridgehead atoms. The highest BCUT2D eigenvalue weighted by Gasteiger charge is 2.28. The van der Waals surface area contributed by atoms with Crippen molar-refractivity contribution < 1.29 is 9.53 Å². The highest BCUT2D eigenvalue weighted by Crippen LogP contribution is 2.31. The predicted octanol–water partition coefficient (Wildman–Crippen LogP) is 3.21. The first-order valence-electron chi connectivity index (χ1n) is 7.52. The summed E-state index contributed by atoms with van der Waals surface area (Å²) in [6, 6.07) is 6.06. The van der Waals surface area contributed by atoms with Crippen LogP contribution in [0, 0.1) is 5.92 Å². The summed E-state index contributed by atoms with van der Waals surface area (Å²) in [6.07, 6.45) is 2.47. The average molecular weight is 288 g/mol. The molecular formula is C17H24N2O2. The molecule has 1 atom stereocenters. The number of benzene rings is 1. The van der Waals surface area contributed by atoms with Gasteiger partial charge in [-0.25, -0.2) is 0 Å². The summed E-state index contributed by atoms with van der Waals surface area (Å²) in [4.78, 5) is 12.3. The van der Waals surface area contributed by atoms with Crippen LogP contribution in [0.4, 0.5) is 11.4 Å². The van der Waals surface area contributed by atoms with Crippen molar-refractivity contribution in [2.45, 2.75) is 26.2 Å². The lowest BCUT2D eigenvalue weighted by molar-refractivity contribution is -0.119. The van der Waals surface area contributed by atoms with Crippen LogP contribution in [0.2, 0.25) is 0 Å². The minimum atomic E-state index is -0.150. The Kier molecular flexibility index (Phi) is 5.39. The van der Waals surface area contributed by atoms with E-state index in [1.54, 1.807) is 0 Å². The summed E-state index contributed by atoms with van der Waals surface area (Å²) in [5.41, 5.74) is 4.01. The van der Waals surface area contributed by atoms with E-state index < -0.39 is 0 Å². The topological polar surface area (TPSA) is 50.4 Å². The van der Waals surface area contributed by atoms with Gasteiger partial charge in [-0.2, -0.15) is 0 Å². The quantitative estimate of drug-likeness (QED) is 0.598. The van der Waals surface area contributed by atoms with Crippen molar-refractivity contribution in [3.8, 4) is 0 Å². The van der Waals surface area contributed by atoms with E-state index in [-0.39, 0.29) is 11.8 Å². The number of nitrogens with one attached hydrogen (secondary N) is 2. The lowest BCUT2D eigenvalue weighted by Crippen LogP contribution is -2.31. The molecule has 21 heavy (non-hydrogen) atoms. The van der Waals surface area contributed by atoms with E-state index in [2.05, 4.69) is 30.2 Å². The molecule has 4 heteroatoms. The van der Waals surface area contributed by atoms with Gasteiger partial charge < -0.3 is 15.4 Å². The van der Waals surface area contributed by atoms with E-state index in [0.717, 1.165) is 48.4 Å². The van der Waals surface area contributed by atoms with Crippen LogP contribution in [0.5, 0.6) is 0 Å². The molecule has 0 fully saturated rings. The molecular weight excluding hydrogens is 264 g/mol. The lowest BCUT2D eigenvalue weighted by Gasteiger charge is -2.26. The van der Waals surface area contributed by atoms with Crippen molar-refractivity contribution in [1.29, 1.82) is 0 Å². The Bertz CT molecular complexity index is 526. The molecule has 4 nitrogen and oxygen atoms in total. The molecule has 1 aliphatic heterocycles. The average Bonchev–Trinajstić information content (AvgIpc) is 2.50. The van der Waals surface area contributed by atoms with E-state index in [9.17, 15) is 4.79 Å². The van der Waals surface area contributed by atoms with Crippen LogP contribution in [0.25, 0.3) is 0 Å². The van der Waals surface area contributed by atoms with Gasteiger partial charge >= 0.3 is 0 Å². The number of carbonyl (C=O) groups excluding carboxylic acids is 1. The molecule has 1 amide bonds. The van der Waals surface area contributed by atoms with Gasteiger partial charge in [-0.05, 0) is 37.0 Å². The van der Waals surface area contributed by atoms with Crippen LogP contribution < -0.4 is 10.6 Å². The van der Waals surface area contributed by atoms with Crippen LogP contribution in [-0.4, -0.2) is 26.2 Å². The van der Waals surface area contributed by atoms with Crippen molar-refractivity contribution >= 4 is 17.3 Å². The van der Waals surface area contributed by atoms with Crippen LogP contribution in [0.15, 0.2) is 30.4 Å². The van der Waals surface area contributed by atoms with Crippen molar-refractivity contribution in [1.82, 2.24) is 0 Å². The molecule has 1 aromatic rings. The zero-order valence-corrected chi connectivity index (χ0v) is 12.9. The SMILES string of the molecule is C=C(CCOCCC)C1Cc2ccc(NC)cc2NC1=O. The maximum atomic E-state index is 12.3. The Morgan fingerprint density at radius 2 is 2.29 bits per heavy atom. The first-order valence-corrected chi connectivity index (χ1v) is 7.52. The predicted molar refractivity (Wildman–Crippen MR) is 86.7 cm³/mol. The van der Waals surface area contributed by atoms with Gasteiger partial charge in [0.25, 0.3) is 0 Å². The number of hydrogen-bond acceptors (Lipinski definition) is 3. The van der Waals surface area contributed by atoms with Gasteiger partial charge in [-0.1, -0.05) is 25.1 Å². The molecule has 0 spiro atoms. The van der Waals surface area contributed by atoms with Crippen LogP contribution in [0.1, 0.15) is 25.3 Å². The standard InChI is InChI=1S/C17H24N2O2/c1-4-8-21-9-7-12(2)15-10-13-5-6-14(18-3)11-16(13)19-17(15)20/h5-6,11,15,18H,2,4,7-10H2,1,3H3,(H,19,20). The third-order valence-electron chi connectivity index (χ3n) is 3.81.